The molecule has 1 atom stereocenters. The number of hydrogen-bond donors (Lipinski definition) is 1. The molecule has 0 spiro atoms. The van der Waals surface area contributed by atoms with Gasteiger partial charge < -0.3 is 29.1 Å². The first-order chi connectivity index (χ1) is 21.8. The van der Waals surface area contributed by atoms with Gasteiger partial charge in [-0.1, -0.05) is 55.0 Å². The third-order valence-corrected chi connectivity index (χ3v) is 8.03. The number of hydrogen-bond acceptors (Lipinski definition) is 8. The van der Waals surface area contributed by atoms with Crippen molar-refractivity contribution in [3.63, 3.8) is 0 Å². The van der Waals surface area contributed by atoms with Crippen molar-refractivity contribution >= 4 is 16.9 Å². The molecule has 0 amide bonds. The van der Waals surface area contributed by atoms with Crippen LogP contribution in [-0.2, 0) is 13.0 Å². The number of methoxy groups -OCH3 is 1. The number of fused-ring (bicyclic) bond motifs is 2. The van der Waals surface area contributed by atoms with Crippen molar-refractivity contribution in [2.75, 3.05) is 7.11 Å². The van der Waals surface area contributed by atoms with Crippen LogP contribution >= 0.6 is 0 Å². The summed E-state index contributed by atoms with van der Waals surface area (Å²) in [5.74, 6) is 0.636. The van der Waals surface area contributed by atoms with E-state index < -0.39 is 11.9 Å². The number of ether oxygens (including phenoxy) is 4. The van der Waals surface area contributed by atoms with Gasteiger partial charge in [0.2, 0.25) is 11.6 Å². The topological polar surface area (TPSA) is 117 Å². The van der Waals surface area contributed by atoms with Crippen LogP contribution in [0.4, 0.5) is 0 Å². The van der Waals surface area contributed by atoms with Gasteiger partial charge in [0.1, 0.15) is 35.3 Å². The second kappa shape index (κ2) is 12.1. The molecule has 45 heavy (non-hydrogen) atoms. The molecular weight excluding hydrogens is 568 g/mol. The number of rotatable bonds is 8. The van der Waals surface area contributed by atoms with Crippen molar-refractivity contribution in [3.8, 4) is 29.1 Å². The summed E-state index contributed by atoms with van der Waals surface area (Å²) in [5, 5.41) is 10.9. The van der Waals surface area contributed by atoms with Crippen LogP contribution < -0.4 is 24.7 Å². The van der Waals surface area contributed by atoms with Crippen LogP contribution in [0, 0.1) is 25.2 Å². The van der Waals surface area contributed by atoms with E-state index in [1.807, 2.05) is 74.5 Å². The number of carbonyl (C=O) groups is 1. The van der Waals surface area contributed by atoms with Gasteiger partial charge in [0, 0.05) is 22.6 Å². The molecule has 1 aliphatic rings. The summed E-state index contributed by atoms with van der Waals surface area (Å²) in [5.41, 5.74) is 12.6. The van der Waals surface area contributed by atoms with Gasteiger partial charge in [0.15, 0.2) is 11.5 Å². The smallest absolute Gasteiger partial charge is 0.379 e. The molecule has 1 aromatic heterocycles. The predicted octanol–water partition coefficient (Wildman–Crippen LogP) is 7.64. The van der Waals surface area contributed by atoms with Gasteiger partial charge in [-0.2, -0.15) is 5.26 Å². The lowest BCUT2D eigenvalue weighted by Crippen LogP contribution is -2.21. The van der Waals surface area contributed by atoms with Gasteiger partial charge in [-0.15, -0.1) is 0 Å². The van der Waals surface area contributed by atoms with Crippen molar-refractivity contribution in [1.29, 1.82) is 5.26 Å². The van der Waals surface area contributed by atoms with E-state index in [9.17, 15) is 10.1 Å². The van der Waals surface area contributed by atoms with Gasteiger partial charge in [-0.05, 0) is 67.3 Å². The fraction of sp³-hybridized carbons (Fsp3) is 0.189. The molecule has 6 rings (SSSR count). The van der Waals surface area contributed by atoms with E-state index in [1.165, 1.54) is 5.56 Å². The second-order valence-electron chi connectivity index (χ2n) is 10.9. The van der Waals surface area contributed by atoms with Crippen LogP contribution in [0.15, 0.2) is 94.7 Å². The van der Waals surface area contributed by atoms with Crippen LogP contribution in [0.1, 0.15) is 56.8 Å². The van der Waals surface area contributed by atoms with E-state index in [0.717, 1.165) is 28.5 Å². The number of allylic oxidation sites excluding steroid dienone is 1. The summed E-state index contributed by atoms with van der Waals surface area (Å²) in [6, 6.07) is 26.7. The molecule has 8 heteroatoms. The second-order valence-corrected chi connectivity index (χ2v) is 10.9. The number of esters is 1. The van der Waals surface area contributed by atoms with Crippen molar-refractivity contribution in [2.24, 2.45) is 5.73 Å². The predicted molar refractivity (Wildman–Crippen MR) is 170 cm³/mol. The summed E-state index contributed by atoms with van der Waals surface area (Å²) in [6.45, 7) is 6.32. The summed E-state index contributed by atoms with van der Waals surface area (Å²) >= 11 is 0. The van der Waals surface area contributed by atoms with Crippen LogP contribution in [0.25, 0.3) is 11.0 Å². The lowest BCUT2D eigenvalue weighted by atomic mass is 9.83. The van der Waals surface area contributed by atoms with Gasteiger partial charge in [-0.3, -0.25) is 0 Å². The SMILES string of the molecule is CCc1ccc2oc(C(=O)Oc3ccc4c(c3)OC(N)=C(C#N)C4c3ccc(OCc4ccc(C)cc4)c(OC)c3)c(C)c2c1. The normalized spacial score (nSPS) is 14.0. The first-order valence-electron chi connectivity index (χ1n) is 14.6. The monoisotopic (exact) mass is 600 g/mol. The number of benzene rings is 4. The maximum absolute atomic E-state index is 13.2. The van der Waals surface area contributed by atoms with Crippen LogP contribution in [0.2, 0.25) is 0 Å². The molecule has 1 unspecified atom stereocenters. The van der Waals surface area contributed by atoms with Crippen LogP contribution in [-0.4, -0.2) is 13.1 Å². The minimum atomic E-state index is -0.624. The number of nitrogens with zero attached hydrogens (tertiary/aromatic N) is 1. The fourth-order valence-corrected chi connectivity index (χ4v) is 5.51. The van der Waals surface area contributed by atoms with E-state index in [1.54, 1.807) is 25.3 Å². The third-order valence-electron chi connectivity index (χ3n) is 8.03. The Bertz CT molecular complexity index is 2000. The first-order valence-corrected chi connectivity index (χ1v) is 14.6. The molecule has 4 aromatic carbocycles. The van der Waals surface area contributed by atoms with E-state index >= 15 is 0 Å². The molecule has 1 aliphatic heterocycles. The summed E-state index contributed by atoms with van der Waals surface area (Å²) in [7, 11) is 1.57. The lowest BCUT2D eigenvalue weighted by molar-refractivity contribution is 0.0702. The van der Waals surface area contributed by atoms with Crippen molar-refractivity contribution < 1.29 is 28.2 Å². The van der Waals surface area contributed by atoms with E-state index in [2.05, 4.69) is 13.0 Å². The molecule has 0 saturated heterocycles. The average molecular weight is 601 g/mol. The molecule has 2 heterocycles. The number of nitrogens with two attached hydrogens (primary N) is 1. The summed E-state index contributed by atoms with van der Waals surface area (Å²) in [6.07, 6.45) is 0.875. The molecular formula is C37H32N2O6. The minimum absolute atomic E-state index is 0.0306. The zero-order chi connectivity index (χ0) is 31.7. The first kappa shape index (κ1) is 29.4. The molecule has 8 nitrogen and oxygen atoms in total. The van der Waals surface area contributed by atoms with Crippen molar-refractivity contribution in [3.05, 3.63) is 129 Å². The molecule has 226 valence electrons. The highest BCUT2D eigenvalue weighted by atomic mass is 16.5. The number of nitriles is 1. The van der Waals surface area contributed by atoms with E-state index in [0.29, 0.717) is 40.6 Å². The molecule has 5 aromatic rings. The Hall–Kier alpha value is -5.68. The highest BCUT2D eigenvalue weighted by Gasteiger charge is 2.32. The standard InChI is InChI=1S/C37H32N2O6/c1-5-23-10-14-30-28(16-23)22(3)35(44-30)37(40)43-26-12-13-27-32(18-26)45-36(39)29(19-38)34(27)25-11-15-31(33(17-25)41-4)42-20-24-8-6-21(2)7-9-24/h6-18,34H,5,20,39H2,1-4H3. The maximum Gasteiger partial charge on any atom is 0.379 e. The third kappa shape index (κ3) is 5.68. The van der Waals surface area contributed by atoms with Crippen LogP contribution in [0.3, 0.4) is 0 Å². The zero-order valence-electron chi connectivity index (χ0n) is 25.5. The molecule has 0 aliphatic carbocycles. The van der Waals surface area contributed by atoms with Gasteiger partial charge in [0.25, 0.3) is 0 Å². The Kier molecular flexibility index (Phi) is 7.93. The van der Waals surface area contributed by atoms with Crippen molar-refractivity contribution in [2.45, 2.75) is 39.7 Å². The molecule has 0 radical (unpaired) electrons. The summed E-state index contributed by atoms with van der Waals surface area (Å²) in [4.78, 5) is 13.2. The van der Waals surface area contributed by atoms with E-state index in [4.69, 9.17) is 29.1 Å². The fourth-order valence-electron chi connectivity index (χ4n) is 5.51. The minimum Gasteiger partial charge on any atom is -0.493 e. The molecule has 2 N–H and O–H groups in total. The van der Waals surface area contributed by atoms with Gasteiger partial charge in [0.05, 0.1) is 13.0 Å². The maximum atomic E-state index is 13.2. The quantitative estimate of drug-likeness (QED) is 0.143. The highest BCUT2D eigenvalue weighted by Crippen LogP contribution is 2.45. The number of aryl methyl sites for hydroxylation is 3. The Balaban J connectivity index is 1.27. The van der Waals surface area contributed by atoms with Crippen LogP contribution in [0.5, 0.6) is 23.0 Å². The van der Waals surface area contributed by atoms with Crippen molar-refractivity contribution in [1.82, 2.24) is 0 Å². The largest absolute Gasteiger partial charge is 0.493 e. The molecule has 0 fully saturated rings. The summed E-state index contributed by atoms with van der Waals surface area (Å²) < 4.78 is 29.1. The van der Waals surface area contributed by atoms with Gasteiger partial charge in [-0.25, -0.2) is 4.79 Å². The Morgan fingerprint density at radius 3 is 2.47 bits per heavy atom. The Morgan fingerprint density at radius 2 is 1.73 bits per heavy atom. The Morgan fingerprint density at radius 1 is 0.956 bits per heavy atom. The highest BCUT2D eigenvalue weighted by molar-refractivity contribution is 5.97. The average Bonchev–Trinajstić information content (AvgIpc) is 3.39. The number of furan rings is 1. The molecule has 0 saturated carbocycles. The van der Waals surface area contributed by atoms with E-state index in [-0.39, 0.29) is 23.0 Å². The Labute approximate surface area is 261 Å². The molecule has 0 bridgehead atoms. The number of carbonyl (C=O) groups excluding carboxylic acids is 1. The lowest BCUT2D eigenvalue weighted by Gasteiger charge is -2.27. The zero-order valence-corrected chi connectivity index (χ0v) is 25.5. The van der Waals surface area contributed by atoms with Gasteiger partial charge >= 0.3 is 5.97 Å².